The molecule has 1 N–H and O–H groups in total. The number of carbonyl (C=O) groups excluding carboxylic acids is 2. The predicted molar refractivity (Wildman–Crippen MR) is 149 cm³/mol. The van der Waals surface area contributed by atoms with Crippen molar-refractivity contribution >= 4 is 23.5 Å². The summed E-state index contributed by atoms with van der Waals surface area (Å²) >= 11 is 1.72. The van der Waals surface area contributed by atoms with Crippen LogP contribution in [0.15, 0.2) is 34.3 Å². The van der Waals surface area contributed by atoms with Crippen LogP contribution in [0.2, 0.25) is 0 Å². The van der Waals surface area contributed by atoms with E-state index in [9.17, 15) is 9.59 Å². The van der Waals surface area contributed by atoms with E-state index in [0.717, 1.165) is 37.1 Å². The highest BCUT2D eigenvalue weighted by molar-refractivity contribution is 7.13. The van der Waals surface area contributed by atoms with Gasteiger partial charge in [-0.3, -0.25) is 4.79 Å². The third-order valence-corrected chi connectivity index (χ3v) is 7.75. The Morgan fingerprint density at radius 3 is 2.54 bits per heavy atom. The summed E-state index contributed by atoms with van der Waals surface area (Å²) in [5.41, 5.74) is 7.91. The van der Waals surface area contributed by atoms with Crippen molar-refractivity contribution in [3.63, 3.8) is 0 Å². The van der Waals surface area contributed by atoms with Crippen LogP contribution in [0.5, 0.6) is 0 Å². The maximum Gasteiger partial charge on any atom is 0.234 e. The molecule has 7 nitrogen and oxygen atoms in total. The van der Waals surface area contributed by atoms with Crippen molar-refractivity contribution in [1.82, 2.24) is 20.4 Å². The second-order valence-corrected chi connectivity index (χ2v) is 11.2. The molecule has 2 atom stereocenters. The summed E-state index contributed by atoms with van der Waals surface area (Å²) < 4.78 is 5.25. The van der Waals surface area contributed by atoms with Gasteiger partial charge in [-0.2, -0.15) is 0 Å². The van der Waals surface area contributed by atoms with E-state index in [1.54, 1.807) is 22.3 Å². The summed E-state index contributed by atoms with van der Waals surface area (Å²) in [5.74, 6) is 0.853. The quantitative estimate of drug-likeness (QED) is 0.371. The van der Waals surface area contributed by atoms with Crippen molar-refractivity contribution in [2.24, 2.45) is 5.92 Å². The van der Waals surface area contributed by atoms with E-state index in [1.807, 2.05) is 33.3 Å². The third kappa shape index (κ3) is 6.93. The van der Waals surface area contributed by atoms with Crippen LogP contribution in [0.1, 0.15) is 80.6 Å². The molecule has 0 spiro atoms. The van der Waals surface area contributed by atoms with Crippen LogP contribution in [0.25, 0.3) is 10.4 Å². The molecule has 1 aliphatic rings. The molecule has 2 aromatic heterocycles. The second-order valence-electron chi connectivity index (χ2n) is 10.3. The predicted octanol–water partition coefficient (Wildman–Crippen LogP) is 5.87. The Morgan fingerprint density at radius 1 is 1.24 bits per heavy atom. The normalized spacial score (nSPS) is 16.1. The van der Waals surface area contributed by atoms with E-state index in [1.165, 1.54) is 21.6 Å². The number of thiazole rings is 1. The lowest BCUT2D eigenvalue weighted by Gasteiger charge is -2.26. The van der Waals surface area contributed by atoms with Crippen molar-refractivity contribution in [1.29, 1.82) is 0 Å². The molecule has 4 rings (SSSR count). The molecule has 0 aliphatic carbocycles. The summed E-state index contributed by atoms with van der Waals surface area (Å²) in [4.78, 5) is 31.0. The number of carbonyl (C=O) groups is 2. The van der Waals surface area contributed by atoms with Crippen LogP contribution in [0.3, 0.4) is 0 Å². The standard InChI is InChI=1S/C15H20N2S.C14H20N2O3/c1-10(2)14-7-12(5-6-13(14)8-16-4)15-11(3)17-9-18-15;1-9(2)13(12-7-10(3)15-19-12)14(18)16-6-4-5-11(16)8-17/h5-7,9-10,16H,8H2,1-4H3;7-9,11,13H,4-6H2,1-3H3. The first-order chi connectivity index (χ1) is 17.7. The van der Waals surface area contributed by atoms with Gasteiger partial charge in [-0.1, -0.05) is 45.0 Å². The van der Waals surface area contributed by atoms with E-state index in [2.05, 4.69) is 54.4 Å². The number of hydrogen-bond donors (Lipinski definition) is 1. The number of aryl methyl sites for hydroxylation is 2. The number of hydrogen-bond acceptors (Lipinski definition) is 7. The number of aromatic nitrogens is 2. The fraction of sp³-hybridized carbons (Fsp3) is 0.517. The van der Waals surface area contributed by atoms with E-state index >= 15 is 0 Å². The number of aldehydes is 1. The molecule has 37 heavy (non-hydrogen) atoms. The monoisotopic (exact) mass is 524 g/mol. The molecule has 0 saturated carbocycles. The minimum absolute atomic E-state index is 0.0271. The Balaban J connectivity index is 0.000000206. The highest BCUT2D eigenvalue weighted by atomic mass is 32.1. The Morgan fingerprint density at radius 2 is 2.00 bits per heavy atom. The molecule has 3 aromatic rings. The van der Waals surface area contributed by atoms with Crippen LogP contribution in [0, 0.1) is 19.8 Å². The van der Waals surface area contributed by atoms with Gasteiger partial charge in [0, 0.05) is 19.2 Å². The molecule has 1 aliphatic heterocycles. The molecule has 3 heterocycles. The summed E-state index contributed by atoms with van der Waals surface area (Å²) in [6, 6.07) is 8.28. The minimum Gasteiger partial charge on any atom is -0.360 e. The van der Waals surface area contributed by atoms with Gasteiger partial charge in [0.2, 0.25) is 5.91 Å². The minimum atomic E-state index is -0.359. The number of rotatable bonds is 8. The topological polar surface area (TPSA) is 88.3 Å². The zero-order valence-corrected chi connectivity index (χ0v) is 23.9. The first kappa shape index (κ1) is 28.7. The largest absolute Gasteiger partial charge is 0.360 e. The van der Waals surface area contributed by atoms with Crippen molar-refractivity contribution in [2.75, 3.05) is 13.6 Å². The molecule has 200 valence electrons. The molecule has 1 amide bonds. The SMILES string of the molecule is CNCc1ccc(-c2scnc2C)cc1C(C)C.Cc1cc(C(C(=O)N2CCCC2C=O)C(C)C)on1. The van der Waals surface area contributed by atoms with Crippen LogP contribution < -0.4 is 5.32 Å². The highest BCUT2D eigenvalue weighted by Gasteiger charge is 2.37. The second kappa shape index (κ2) is 13.1. The van der Waals surface area contributed by atoms with Gasteiger partial charge in [-0.05, 0) is 68.3 Å². The number of nitrogens with zero attached hydrogens (tertiary/aromatic N) is 3. The van der Waals surface area contributed by atoms with Crippen LogP contribution in [0.4, 0.5) is 0 Å². The lowest BCUT2D eigenvalue weighted by atomic mass is 9.91. The molecule has 2 unspecified atom stereocenters. The molecule has 1 fully saturated rings. The summed E-state index contributed by atoms with van der Waals surface area (Å²) in [6.07, 6.45) is 2.51. The Bertz CT molecular complexity index is 1180. The lowest BCUT2D eigenvalue weighted by molar-refractivity contribution is -0.137. The fourth-order valence-electron chi connectivity index (χ4n) is 4.86. The maximum atomic E-state index is 12.6. The number of nitrogens with one attached hydrogen (secondary N) is 1. The van der Waals surface area contributed by atoms with Crippen molar-refractivity contribution in [2.45, 2.75) is 78.8 Å². The third-order valence-electron chi connectivity index (χ3n) is 6.77. The van der Waals surface area contributed by atoms with Gasteiger partial charge in [0.25, 0.3) is 0 Å². The average molecular weight is 525 g/mol. The van der Waals surface area contributed by atoms with Gasteiger partial charge in [-0.15, -0.1) is 11.3 Å². The Hall–Kier alpha value is -2.84. The van der Waals surface area contributed by atoms with E-state index in [0.29, 0.717) is 18.2 Å². The molecule has 0 radical (unpaired) electrons. The van der Waals surface area contributed by atoms with Crippen molar-refractivity contribution in [3.05, 3.63) is 58.1 Å². The van der Waals surface area contributed by atoms with Gasteiger partial charge >= 0.3 is 0 Å². The van der Waals surface area contributed by atoms with Crippen LogP contribution >= 0.6 is 11.3 Å². The molecule has 0 bridgehead atoms. The summed E-state index contributed by atoms with van der Waals surface area (Å²) in [5, 5.41) is 7.09. The van der Waals surface area contributed by atoms with Gasteiger partial charge in [-0.25, -0.2) is 4.98 Å². The number of benzene rings is 1. The van der Waals surface area contributed by atoms with Crippen LogP contribution in [-0.2, 0) is 16.1 Å². The zero-order valence-electron chi connectivity index (χ0n) is 23.1. The highest BCUT2D eigenvalue weighted by Crippen LogP contribution is 2.32. The maximum absolute atomic E-state index is 12.6. The molecule has 1 saturated heterocycles. The van der Waals surface area contributed by atoms with Gasteiger partial charge in [0.15, 0.2) is 0 Å². The van der Waals surface area contributed by atoms with E-state index in [4.69, 9.17) is 4.52 Å². The average Bonchev–Trinajstić information content (AvgIpc) is 3.61. The first-order valence-electron chi connectivity index (χ1n) is 13.0. The van der Waals surface area contributed by atoms with Gasteiger partial charge in [0.05, 0.1) is 27.8 Å². The van der Waals surface area contributed by atoms with Crippen LogP contribution in [-0.4, -0.2) is 46.9 Å². The zero-order chi connectivity index (χ0) is 27.1. The molecule has 8 heteroatoms. The number of amides is 1. The number of likely N-dealkylation sites (tertiary alicyclic amines) is 1. The van der Waals surface area contributed by atoms with Gasteiger partial charge < -0.3 is 19.5 Å². The molecular formula is C29H40N4O3S. The van der Waals surface area contributed by atoms with E-state index < -0.39 is 0 Å². The van der Waals surface area contributed by atoms with Crippen molar-refractivity contribution in [3.8, 4) is 10.4 Å². The van der Waals surface area contributed by atoms with E-state index in [-0.39, 0.29) is 23.8 Å². The van der Waals surface area contributed by atoms with Crippen molar-refractivity contribution < 1.29 is 14.1 Å². The Kier molecular flexibility index (Phi) is 10.2. The lowest BCUT2D eigenvalue weighted by Crippen LogP contribution is -2.40. The smallest absolute Gasteiger partial charge is 0.234 e. The Labute approximate surface area is 224 Å². The first-order valence-corrected chi connectivity index (χ1v) is 13.9. The summed E-state index contributed by atoms with van der Waals surface area (Å²) in [6.45, 7) is 13.9. The fourth-order valence-corrected chi connectivity index (χ4v) is 5.66. The summed E-state index contributed by atoms with van der Waals surface area (Å²) in [7, 11) is 1.99. The molecule has 1 aromatic carbocycles. The van der Waals surface area contributed by atoms with Gasteiger partial charge in [0.1, 0.15) is 18.0 Å². The molecular weight excluding hydrogens is 484 g/mol.